The molecule has 2 aromatic heterocycles. The second-order valence-electron chi connectivity index (χ2n) is 4.46. The molecule has 3 rings (SSSR count). The Hall–Kier alpha value is -2.63. The van der Waals surface area contributed by atoms with Gasteiger partial charge >= 0.3 is 0 Å². The van der Waals surface area contributed by atoms with E-state index in [1.807, 2.05) is 28.9 Å². The summed E-state index contributed by atoms with van der Waals surface area (Å²) < 4.78 is 8.57. The number of aromatic nitrogens is 4. The topological polar surface area (TPSA) is 61.9 Å². The average molecular weight is 270 g/mol. The lowest BCUT2D eigenvalue weighted by Gasteiger charge is -2.09. The molecule has 102 valence electrons. The first-order valence-electron chi connectivity index (χ1n) is 6.20. The van der Waals surface area contributed by atoms with Crippen LogP contribution in [0.1, 0.15) is 5.69 Å². The first kappa shape index (κ1) is 12.4. The molecule has 0 radical (unpaired) electrons. The maximum atomic E-state index is 12.1. The van der Waals surface area contributed by atoms with Gasteiger partial charge in [0.25, 0.3) is 5.56 Å². The average Bonchev–Trinajstić information content (AvgIpc) is 2.73. The van der Waals surface area contributed by atoms with E-state index in [4.69, 9.17) is 4.74 Å². The molecule has 0 aliphatic rings. The van der Waals surface area contributed by atoms with Crippen LogP contribution in [0, 0.1) is 0 Å². The highest BCUT2D eigenvalue weighted by Crippen LogP contribution is 2.13. The number of hydrogen-bond acceptors (Lipinski definition) is 4. The molecule has 0 aliphatic carbocycles. The number of nitrogens with zero attached hydrogens (tertiary/aromatic N) is 4. The fraction of sp³-hybridized carbons (Fsp3) is 0.214. The Bertz CT molecular complexity index is 819. The summed E-state index contributed by atoms with van der Waals surface area (Å²) in [6.07, 6.45) is 1.46. The van der Waals surface area contributed by atoms with Crippen LogP contribution in [0.3, 0.4) is 0 Å². The van der Waals surface area contributed by atoms with Crippen LogP contribution in [0.4, 0.5) is 0 Å². The van der Waals surface area contributed by atoms with Crippen LogP contribution < -0.4 is 10.3 Å². The van der Waals surface area contributed by atoms with Gasteiger partial charge in [0, 0.05) is 13.1 Å². The zero-order chi connectivity index (χ0) is 14.1. The normalized spacial score (nSPS) is 10.9. The molecule has 6 heteroatoms. The van der Waals surface area contributed by atoms with Gasteiger partial charge in [0.15, 0.2) is 0 Å². The van der Waals surface area contributed by atoms with Crippen molar-refractivity contribution in [2.45, 2.75) is 6.54 Å². The van der Waals surface area contributed by atoms with Crippen molar-refractivity contribution >= 4 is 10.9 Å². The largest absolute Gasteiger partial charge is 0.481 e. The molecular weight excluding hydrogens is 256 g/mol. The minimum absolute atomic E-state index is 0.0124. The molecule has 0 amide bonds. The molecule has 6 nitrogen and oxygen atoms in total. The molecule has 1 aromatic carbocycles. The Morgan fingerprint density at radius 3 is 2.85 bits per heavy atom. The number of methoxy groups -OCH3 is 1. The van der Waals surface area contributed by atoms with Gasteiger partial charge in [0.2, 0.25) is 5.88 Å². The van der Waals surface area contributed by atoms with Gasteiger partial charge in [-0.05, 0) is 12.1 Å². The van der Waals surface area contributed by atoms with Crippen molar-refractivity contribution in [3.63, 3.8) is 0 Å². The number of hydrogen-bond donors (Lipinski definition) is 0. The van der Waals surface area contributed by atoms with E-state index in [0.29, 0.717) is 17.8 Å². The Labute approximate surface area is 115 Å². The van der Waals surface area contributed by atoms with Crippen molar-refractivity contribution in [3.05, 3.63) is 52.7 Å². The fourth-order valence-corrected chi connectivity index (χ4v) is 2.24. The predicted octanol–water partition coefficient (Wildman–Crippen LogP) is 1.19. The number of rotatable bonds is 3. The smallest absolute Gasteiger partial charge is 0.274 e. The molecule has 20 heavy (non-hydrogen) atoms. The molecular formula is C14H14N4O2. The number of fused-ring (bicyclic) bond motifs is 1. The van der Waals surface area contributed by atoms with Crippen LogP contribution in [0.5, 0.6) is 5.88 Å². The summed E-state index contributed by atoms with van der Waals surface area (Å²) in [5.74, 6) is 0.511. The zero-order valence-electron chi connectivity index (χ0n) is 11.3. The third-order valence-electron chi connectivity index (χ3n) is 3.29. The molecule has 2 heterocycles. The van der Waals surface area contributed by atoms with Crippen molar-refractivity contribution in [1.82, 2.24) is 19.3 Å². The van der Waals surface area contributed by atoms with Gasteiger partial charge in [0.05, 0.1) is 30.3 Å². The van der Waals surface area contributed by atoms with Gasteiger partial charge < -0.3 is 4.74 Å². The quantitative estimate of drug-likeness (QED) is 0.717. The summed E-state index contributed by atoms with van der Waals surface area (Å²) in [6.45, 7) is 0.484. The Morgan fingerprint density at radius 1 is 1.25 bits per heavy atom. The van der Waals surface area contributed by atoms with Crippen LogP contribution >= 0.6 is 0 Å². The highest BCUT2D eigenvalue weighted by molar-refractivity contribution is 5.78. The summed E-state index contributed by atoms with van der Waals surface area (Å²) in [5, 5.41) is 0.705. The SMILES string of the molecule is COc1cc(Cn2c3ccccc3c(=O)n2C)ncn1. The standard InChI is InChI=1S/C14H14N4O2/c1-17-14(19)11-5-3-4-6-12(11)18(17)8-10-7-13(20-2)16-9-15-10/h3-7,9H,8H2,1-2H3. The lowest BCUT2D eigenvalue weighted by molar-refractivity contribution is 0.395. The Balaban J connectivity index is 2.11. The maximum absolute atomic E-state index is 12.1. The molecule has 0 atom stereocenters. The van der Waals surface area contributed by atoms with Crippen LogP contribution in [0.15, 0.2) is 41.5 Å². The van der Waals surface area contributed by atoms with E-state index < -0.39 is 0 Å². The van der Waals surface area contributed by atoms with E-state index >= 15 is 0 Å². The van der Waals surface area contributed by atoms with E-state index in [2.05, 4.69) is 9.97 Å². The van der Waals surface area contributed by atoms with E-state index in [1.54, 1.807) is 24.9 Å². The maximum Gasteiger partial charge on any atom is 0.274 e. The zero-order valence-corrected chi connectivity index (χ0v) is 11.3. The third-order valence-corrected chi connectivity index (χ3v) is 3.29. The van der Waals surface area contributed by atoms with E-state index in [1.165, 1.54) is 6.33 Å². The summed E-state index contributed by atoms with van der Waals surface area (Å²) in [7, 11) is 3.31. The fourth-order valence-electron chi connectivity index (χ4n) is 2.24. The molecule has 0 unspecified atom stereocenters. The third kappa shape index (κ3) is 1.95. The Morgan fingerprint density at radius 2 is 2.05 bits per heavy atom. The van der Waals surface area contributed by atoms with Gasteiger partial charge in [-0.3, -0.25) is 14.2 Å². The monoisotopic (exact) mass is 270 g/mol. The molecule has 0 spiro atoms. The summed E-state index contributed by atoms with van der Waals surface area (Å²) in [5.41, 5.74) is 1.66. The lowest BCUT2D eigenvalue weighted by atomic mass is 10.2. The molecule has 0 bridgehead atoms. The summed E-state index contributed by atoms with van der Waals surface area (Å²) in [6, 6.07) is 9.30. The minimum Gasteiger partial charge on any atom is -0.481 e. The molecule has 0 aliphatic heterocycles. The summed E-state index contributed by atoms with van der Waals surface area (Å²) in [4.78, 5) is 20.3. The van der Waals surface area contributed by atoms with E-state index in [9.17, 15) is 4.79 Å². The van der Waals surface area contributed by atoms with Gasteiger partial charge in [-0.15, -0.1) is 0 Å². The van der Waals surface area contributed by atoms with Crippen LogP contribution in [-0.4, -0.2) is 26.4 Å². The Kier molecular flexibility index (Phi) is 2.98. The van der Waals surface area contributed by atoms with Gasteiger partial charge in [-0.1, -0.05) is 12.1 Å². The van der Waals surface area contributed by atoms with E-state index in [-0.39, 0.29) is 5.56 Å². The van der Waals surface area contributed by atoms with Gasteiger partial charge in [-0.25, -0.2) is 9.97 Å². The van der Waals surface area contributed by atoms with Crippen LogP contribution in [0.2, 0.25) is 0 Å². The molecule has 0 saturated carbocycles. The number of ether oxygens (including phenoxy) is 1. The van der Waals surface area contributed by atoms with Gasteiger partial charge in [0.1, 0.15) is 6.33 Å². The summed E-state index contributed by atoms with van der Waals surface area (Å²) >= 11 is 0. The molecule has 3 aromatic rings. The molecule has 0 N–H and O–H groups in total. The van der Waals surface area contributed by atoms with Crippen molar-refractivity contribution < 1.29 is 4.74 Å². The first-order chi connectivity index (χ1) is 9.70. The van der Waals surface area contributed by atoms with E-state index in [0.717, 1.165) is 11.2 Å². The van der Waals surface area contributed by atoms with Crippen LogP contribution in [-0.2, 0) is 13.6 Å². The van der Waals surface area contributed by atoms with Crippen LogP contribution in [0.25, 0.3) is 10.9 Å². The van der Waals surface area contributed by atoms with Crippen molar-refractivity contribution in [3.8, 4) is 5.88 Å². The van der Waals surface area contributed by atoms with Crippen molar-refractivity contribution in [1.29, 1.82) is 0 Å². The number of benzene rings is 1. The lowest BCUT2D eigenvalue weighted by Crippen LogP contribution is -2.20. The first-order valence-corrected chi connectivity index (χ1v) is 6.20. The highest BCUT2D eigenvalue weighted by atomic mass is 16.5. The molecule has 0 saturated heterocycles. The highest BCUT2D eigenvalue weighted by Gasteiger charge is 2.10. The number of para-hydroxylation sites is 1. The second-order valence-corrected chi connectivity index (χ2v) is 4.46. The predicted molar refractivity (Wildman–Crippen MR) is 74.9 cm³/mol. The van der Waals surface area contributed by atoms with Crippen molar-refractivity contribution in [2.24, 2.45) is 7.05 Å². The van der Waals surface area contributed by atoms with Crippen molar-refractivity contribution in [2.75, 3.05) is 7.11 Å². The van der Waals surface area contributed by atoms with Gasteiger partial charge in [-0.2, -0.15) is 0 Å². The minimum atomic E-state index is -0.0124. The second kappa shape index (κ2) is 4.80. The molecule has 0 fully saturated rings.